The van der Waals surface area contributed by atoms with Crippen LogP contribution in [-0.2, 0) is 16.0 Å². The zero-order chi connectivity index (χ0) is 15.6. The second-order valence-electron chi connectivity index (χ2n) is 5.38. The van der Waals surface area contributed by atoms with E-state index in [9.17, 15) is 4.39 Å². The van der Waals surface area contributed by atoms with Gasteiger partial charge in [0.25, 0.3) is 0 Å². The smallest absolute Gasteiger partial charge is 0.163 e. The van der Waals surface area contributed by atoms with Crippen molar-refractivity contribution in [2.45, 2.75) is 53.1 Å². The Morgan fingerprint density at radius 3 is 2.71 bits per heavy atom. The van der Waals surface area contributed by atoms with Crippen LogP contribution in [0.1, 0.15) is 33.4 Å². The Balaban J connectivity index is 0.000000774. The number of hydrogen-bond acceptors (Lipinski definition) is 3. The highest BCUT2D eigenvalue weighted by Crippen LogP contribution is 2.25. The molecule has 2 aromatic rings. The van der Waals surface area contributed by atoms with E-state index in [-0.39, 0.29) is 11.9 Å². The van der Waals surface area contributed by atoms with Gasteiger partial charge in [-0.15, -0.1) is 0 Å². The average molecular weight is 294 g/mol. The highest BCUT2D eigenvalue weighted by molar-refractivity contribution is 5.81. The molecule has 0 N–H and O–H groups in total. The van der Waals surface area contributed by atoms with Crippen molar-refractivity contribution in [2.75, 3.05) is 6.61 Å². The van der Waals surface area contributed by atoms with Gasteiger partial charge < -0.3 is 9.47 Å². The summed E-state index contributed by atoms with van der Waals surface area (Å²) in [5.41, 5.74) is 1.75. The molecule has 21 heavy (non-hydrogen) atoms. The maximum atomic E-state index is 13.3. The number of nitrogens with zero attached hydrogens (tertiary/aromatic N) is 2. The van der Waals surface area contributed by atoms with Crippen LogP contribution in [0.5, 0.6) is 0 Å². The van der Waals surface area contributed by atoms with Crippen LogP contribution >= 0.6 is 0 Å². The fourth-order valence-electron chi connectivity index (χ4n) is 2.50. The zero-order valence-corrected chi connectivity index (χ0v) is 13.3. The quantitative estimate of drug-likeness (QED) is 0.848. The van der Waals surface area contributed by atoms with Gasteiger partial charge in [0.1, 0.15) is 11.9 Å². The van der Waals surface area contributed by atoms with Crippen molar-refractivity contribution in [3.05, 3.63) is 29.7 Å². The number of ether oxygens (including phenoxy) is 2. The summed E-state index contributed by atoms with van der Waals surface area (Å²) in [6.07, 6.45) is -0.0254. The summed E-state index contributed by atoms with van der Waals surface area (Å²) in [6.45, 7) is 10.8. The highest BCUT2D eigenvalue weighted by Gasteiger charge is 2.33. The van der Waals surface area contributed by atoms with Crippen LogP contribution in [0.4, 0.5) is 4.39 Å². The van der Waals surface area contributed by atoms with E-state index in [4.69, 9.17) is 9.47 Å². The van der Waals surface area contributed by atoms with E-state index in [2.05, 4.69) is 5.10 Å². The molecule has 5 heteroatoms. The molecule has 0 saturated carbocycles. The van der Waals surface area contributed by atoms with E-state index in [0.717, 1.165) is 16.6 Å². The second-order valence-corrected chi connectivity index (χ2v) is 5.38. The summed E-state index contributed by atoms with van der Waals surface area (Å²) in [6, 6.07) is 4.73. The summed E-state index contributed by atoms with van der Waals surface area (Å²) in [7, 11) is 0. The van der Waals surface area contributed by atoms with Crippen LogP contribution in [0.2, 0.25) is 0 Å². The Morgan fingerprint density at radius 1 is 1.38 bits per heavy atom. The van der Waals surface area contributed by atoms with Gasteiger partial charge in [0.05, 0.1) is 24.4 Å². The van der Waals surface area contributed by atoms with E-state index in [1.165, 1.54) is 12.1 Å². The van der Waals surface area contributed by atoms with E-state index >= 15 is 0 Å². The molecule has 1 aliphatic rings. The van der Waals surface area contributed by atoms with E-state index in [1.807, 2.05) is 39.3 Å². The third kappa shape index (κ3) is 3.41. The predicted molar refractivity (Wildman–Crippen MR) is 80.7 cm³/mol. The van der Waals surface area contributed by atoms with Gasteiger partial charge in [-0.25, -0.2) is 4.39 Å². The number of rotatable bonds is 2. The molecule has 1 aromatic heterocycles. The van der Waals surface area contributed by atoms with Gasteiger partial charge in [-0.05, 0) is 39.0 Å². The molecule has 1 fully saturated rings. The molecule has 1 atom stereocenters. The minimum Gasteiger partial charge on any atom is -0.348 e. The van der Waals surface area contributed by atoms with Crippen molar-refractivity contribution >= 4 is 10.9 Å². The first-order chi connectivity index (χ1) is 9.94. The Kier molecular flexibility index (Phi) is 4.64. The lowest BCUT2D eigenvalue weighted by atomic mass is 10.2. The predicted octanol–water partition coefficient (Wildman–Crippen LogP) is 3.66. The first-order valence-corrected chi connectivity index (χ1v) is 7.39. The van der Waals surface area contributed by atoms with E-state index < -0.39 is 5.79 Å². The molecule has 116 valence electrons. The summed E-state index contributed by atoms with van der Waals surface area (Å²) < 4.78 is 26.4. The molecule has 0 aliphatic carbocycles. The van der Waals surface area contributed by atoms with Crippen molar-refractivity contribution in [3.63, 3.8) is 0 Å². The number of hydrogen-bond donors (Lipinski definition) is 0. The largest absolute Gasteiger partial charge is 0.348 e. The fraction of sp³-hybridized carbons (Fsp3) is 0.562. The maximum absolute atomic E-state index is 13.3. The van der Waals surface area contributed by atoms with Crippen LogP contribution in [0.3, 0.4) is 0 Å². The first kappa shape index (κ1) is 15.9. The third-order valence-electron chi connectivity index (χ3n) is 3.34. The molecular formula is C16H23FN2O2. The summed E-state index contributed by atoms with van der Waals surface area (Å²) in [5, 5.41) is 5.30. The minimum atomic E-state index is -0.533. The van der Waals surface area contributed by atoms with E-state index in [0.29, 0.717) is 13.2 Å². The number of benzene rings is 1. The van der Waals surface area contributed by atoms with Crippen molar-refractivity contribution in [2.24, 2.45) is 0 Å². The third-order valence-corrected chi connectivity index (χ3v) is 3.34. The molecule has 1 unspecified atom stereocenters. The zero-order valence-electron chi connectivity index (χ0n) is 13.3. The number of aromatic nitrogens is 2. The molecule has 1 aromatic carbocycles. The van der Waals surface area contributed by atoms with Gasteiger partial charge in [0.2, 0.25) is 0 Å². The van der Waals surface area contributed by atoms with Crippen LogP contribution < -0.4 is 0 Å². The molecule has 1 aliphatic heterocycles. The number of fused-ring (bicyclic) bond motifs is 1. The molecule has 2 heterocycles. The van der Waals surface area contributed by atoms with Gasteiger partial charge in [-0.1, -0.05) is 13.8 Å². The van der Waals surface area contributed by atoms with Gasteiger partial charge in [0.15, 0.2) is 5.79 Å². The normalized spacial score (nSPS) is 20.4. The highest BCUT2D eigenvalue weighted by atomic mass is 19.1. The van der Waals surface area contributed by atoms with Crippen molar-refractivity contribution in [1.82, 2.24) is 9.78 Å². The molecule has 1 saturated heterocycles. The monoisotopic (exact) mass is 294 g/mol. The van der Waals surface area contributed by atoms with Crippen LogP contribution in [-0.4, -0.2) is 28.3 Å². The van der Waals surface area contributed by atoms with Gasteiger partial charge in [-0.3, -0.25) is 4.68 Å². The van der Waals surface area contributed by atoms with Crippen LogP contribution in [0, 0.1) is 12.7 Å². The Bertz CT molecular complexity index is 622. The fourth-order valence-corrected chi connectivity index (χ4v) is 2.50. The summed E-state index contributed by atoms with van der Waals surface area (Å²) in [4.78, 5) is 0. The Labute approximate surface area is 124 Å². The lowest BCUT2D eigenvalue weighted by Gasteiger charge is -2.17. The van der Waals surface area contributed by atoms with E-state index in [1.54, 1.807) is 6.07 Å². The number of aryl methyl sites for hydroxylation is 1. The topological polar surface area (TPSA) is 36.3 Å². The Morgan fingerprint density at radius 2 is 2.10 bits per heavy atom. The molecular weight excluding hydrogens is 271 g/mol. The SMILES string of the molecule is CC.Cc1nn(CC2COC(C)(C)O2)c2ccc(F)cc12. The summed E-state index contributed by atoms with van der Waals surface area (Å²) >= 11 is 0. The van der Waals surface area contributed by atoms with Gasteiger partial charge in [-0.2, -0.15) is 5.10 Å². The summed E-state index contributed by atoms with van der Waals surface area (Å²) in [5.74, 6) is -0.772. The standard InChI is InChI=1S/C14H17FN2O2.C2H6/c1-9-12-6-10(15)4-5-13(12)17(16-9)7-11-8-18-14(2,3)19-11;1-2/h4-6,11H,7-8H2,1-3H3;1-2H3. The number of halogens is 1. The molecule has 0 bridgehead atoms. The first-order valence-electron chi connectivity index (χ1n) is 7.39. The molecule has 0 radical (unpaired) electrons. The minimum absolute atomic E-state index is 0.0254. The molecule has 0 spiro atoms. The van der Waals surface area contributed by atoms with Crippen molar-refractivity contribution in [3.8, 4) is 0 Å². The molecule has 3 rings (SSSR count). The van der Waals surface area contributed by atoms with Crippen LogP contribution in [0.25, 0.3) is 10.9 Å². The second kappa shape index (κ2) is 6.12. The molecule has 0 amide bonds. The lowest BCUT2D eigenvalue weighted by Crippen LogP contribution is -2.24. The van der Waals surface area contributed by atoms with Crippen molar-refractivity contribution < 1.29 is 13.9 Å². The maximum Gasteiger partial charge on any atom is 0.163 e. The van der Waals surface area contributed by atoms with Gasteiger partial charge in [0, 0.05) is 5.39 Å². The lowest BCUT2D eigenvalue weighted by molar-refractivity contribution is -0.139. The molecule has 4 nitrogen and oxygen atoms in total. The van der Waals surface area contributed by atoms with Crippen molar-refractivity contribution in [1.29, 1.82) is 0 Å². The average Bonchev–Trinajstić information content (AvgIpc) is 2.93. The van der Waals surface area contributed by atoms with Crippen LogP contribution in [0.15, 0.2) is 18.2 Å². The Hall–Kier alpha value is -1.46. The van der Waals surface area contributed by atoms with Gasteiger partial charge >= 0.3 is 0 Å².